The topological polar surface area (TPSA) is 35.6 Å². The Labute approximate surface area is 330 Å². The first-order chi connectivity index (χ1) is 28.2. The molecule has 3 aromatic heterocycles. The summed E-state index contributed by atoms with van der Waals surface area (Å²) in [6.45, 7) is 2.12. The fourth-order valence-electron chi connectivity index (χ4n) is 8.55. The van der Waals surface area contributed by atoms with Crippen molar-refractivity contribution < 1.29 is 0 Å². The van der Waals surface area contributed by atoms with E-state index in [0.717, 1.165) is 72.6 Å². The van der Waals surface area contributed by atoms with Crippen molar-refractivity contribution in [2.45, 2.75) is 6.92 Å². The predicted molar refractivity (Wildman–Crippen MR) is 237 cm³/mol. The Morgan fingerprint density at radius 3 is 1.30 bits per heavy atom. The summed E-state index contributed by atoms with van der Waals surface area (Å²) in [6.07, 6.45) is 0. The van der Waals surface area contributed by atoms with Crippen molar-refractivity contribution in [3.8, 4) is 56.4 Å². The summed E-state index contributed by atoms with van der Waals surface area (Å²) in [5.74, 6) is 0.692. The van der Waals surface area contributed by atoms with Crippen LogP contribution in [0, 0.1) is 6.92 Å². The summed E-state index contributed by atoms with van der Waals surface area (Å²) in [5.41, 5.74) is 15.0. The van der Waals surface area contributed by atoms with Crippen LogP contribution in [0.1, 0.15) is 5.56 Å². The van der Waals surface area contributed by atoms with E-state index in [1.165, 1.54) is 27.1 Å². The summed E-state index contributed by atoms with van der Waals surface area (Å²) >= 11 is 0. The van der Waals surface area contributed by atoms with Gasteiger partial charge in [0.05, 0.1) is 33.5 Å². The van der Waals surface area contributed by atoms with Crippen molar-refractivity contribution in [2.75, 3.05) is 0 Å². The predicted octanol–water partition coefficient (Wildman–Crippen LogP) is 13.6. The second-order valence-corrected chi connectivity index (χ2v) is 14.8. The quantitative estimate of drug-likeness (QED) is 0.171. The van der Waals surface area contributed by atoms with Gasteiger partial charge >= 0.3 is 0 Å². The SMILES string of the molecule is Cc1cccc(-c2nc(-c3cccc(-c4ccccc4)c3)cc(-c3cc(-n4c5ccccc5c5ccccc54)cc(-n4c5ccccc5c5ccccc54)c3)n2)c1. The highest BCUT2D eigenvalue weighted by molar-refractivity contribution is 6.10. The van der Waals surface area contributed by atoms with Crippen molar-refractivity contribution in [2.24, 2.45) is 0 Å². The normalized spacial score (nSPS) is 11.6. The van der Waals surface area contributed by atoms with Crippen LogP contribution >= 0.6 is 0 Å². The summed E-state index contributed by atoms with van der Waals surface area (Å²) in [5, 5.41) is 4.89. The highest BCUT2D eigenvalue weighted by Crippen LogP contribution is 2.38. The van der Waals surface area contributed by atoms with E-state index in [2.05, 4.69) is 216 Å². The van der Waals surface area contributed by atoms with E-state index in [-0.39, 0.29) is 0 Å². The number of fused-ring (bicyclic) bond motifs is 6. The standard InChI is InChI=1S/C53H36N4/c1-35-15-13-20-39(29-35)53-54-47(38-19-14-18-37(30-38)36-16-3-2-4-17-36)34-48(55-53)40-31-41(56-49-25-9-5-21-43(49)44-22-6-10-26-50(44)56)33-42(32-40)57-51-27-11-7-23-45(51)46-24-8-12-28-52(46)57/h2-34H,1H3. The molecule has 0 unspecified atom stereocenters. The Bertz CT molecular complexity index is 3080. The lowest BCUT2D eigenvalue weighted by molar-refractivity contribution is 1.13. The van der Waals surface area contributed by atoms with E-state index in [4.69, 9.17) is 9.97 Å². The van der Waals surface area contributed by atoms with Gasteiger partial charge in [-0.25, -0.2) is 9.97 Å². The van der Waals surface area contributed by atoms with Gasteiger partial charge in [0.25, 0.3) is 0 Å². The zero-order chi connectivity index (χ0) is 37.9. The molecule has 0 bridgehead atoms. The Balaban J connectivity index is 1.21. The summed E-state index contributed by atoms with van der Waals surface area (Å²) in [7, 11) is 0. The van der Waals surface area contributed by atoms with Crippen LogP contribution in [0.3, 0.4) is 0 Å². The van der Waals surface area contributed by atoms with Gasteiger partial charge in [0.2, 0.25) is 0 Å². The van der Waals surface area contributed by atoms with E-state index in [1.54, 1.807) is 0 Å². The second-order valence-electron chi connectivity index (χ2n) is 14.8. The largest absolute Gasteiger partial charge is 0.309 e. The Hall–Kier alpha value is -7.56. The number of nitrogens with zero attached hydrogens (tertiary/aromatic N) is 4. The third-order valence-electron chi connectivity index (χ3n) is 11.1. The number of benzene rings is 8. The zero-order valence-electron chi connectivity index (χ0n) is 31.3. The molecule has 4 heteroatoms. The maximum Gasteiger partial charge on any atom is 0.160 e. The molecule has 8 aromatic carbocycles. The van der Waals surface area contributed by atoms with Gasteiger partial charge in [-0.1, -0.05) is 145 Å². The van der Waals surface area contributed by atoms with Crippen molar-refractivity contribution in [1.82, 2.24) is 19.1 Å². The van der Waals surface area contributed by atoms with E-state index in [0.29, 0.717) is 5.82 Å². The van der Waals surface area contributed by atoms with Crippen LogP contribution in [0.5, 0.6) is 0 Å². The lowest BCUT2D eigenvalue weighted by Crippen LogP contribution is -2.01. The molecule has 0 amide bonds. The van der Waals surface area contributed by atoms with Crippen molar-refractivity contribution in [3.05, 3.63) is 206 Å². The van der Waals surface area contributed by atoms with Gasteiger partial charge in [-0.05, 0) is 78.7 Å². The molecule has 0 aliphatic rings. The van der Waals surface area contributed by atoms with Crippen molar-refractivity contribution >= 4 is 43.6 Å². The molecule has 0 spiro atoms. The molecule has 3 heterocycles. The highest BCUT2D eigenvalue weighted by Gasteiger charge is 2.19. The molecule has 0 saturated heterocycles. The lowest BCUT2D eigenvalue weighted by Gasteiger charge is -2.16. The zero-order valence-corrected chi connectivity index (χ0v) is 31.3. The van der Waals surface area contributed by atoms with Gasteiger partial charge < -0.3 is 9.13 Å². The summed E-state index contributed by atoms with van der Waals surface area (Å²) < 4.78 is 4.80. The van der Waals surface area contributed by atoms with Crippen molar-refractivity contribution in [1.29, 1.82) is 0 Å². The van der Waals surface area contributed by atoms with Crippen molar-refractivity contribution in [3.63, 3.8) is 0 Å². The molecule has 0 N–H and O–H groups in total. The summed E-state index contributed by atoms with van der Waals surface area (Å²) in [6, 6.07) is 71.5. The van der Waals surface area contributed by atoms with Crippen LogP contribution in [0.2, 0.25) is 0 Å². The van der Waals surface area contributed by atoms with Crippen LogP contribution < -0.4 is 0 Å². The van der Waals surface area contributed by atoms with Gasteiger partial charge in [0.15, 0.2) is 5.82 Å². The minimum absolute atomic E-state index is 0.692. The highest BCUT2D eigenvalue weighted by atomic mass is 15.0. The molecule has 57 heavy (non-hydrogen) atoms. The molecule has 0 atom stereocenters. The minimum atomic E-state index is 0.692. The molecule has 4 nitrogen and oxygen atoms in total. The number of rotatable bonds is 6. The maximum atomic E-state index is 5.39. The maximum absolute atomic E-state index is 5.39. The van der Waals surface area contributed by atoms with Crippen LogP contribution in [0.4, 0.5) is 0 Å². The summed E-state index contributed by atoms with van der Waals surface area (Å²) in [4.78, 5) is 10.6. The molecular weight excluding hydrogens is 693 g/mol. The van der Waals surface area contributed by atoms with Gasteiger partial charge in [-0.2, -0.15) is 0 Å². The molecule has 0 aliphatic carbocycles. The number of hydrogen-bond acceptors (Lipinski definition) is 2. The molecule has 11 rings (SSSR count). The molecule has 11 aromatic rings. The third kappa shape index (κ3) is 5.61. The van der Waals surface area contributed by atoms with E-state index < -0.39 is 0 Å². The van der Waals surface area contributed by atoms with Gasteiger partial charge in [0, 0.05) is 49.6 Å². The number of aromatic nitrogens is 4. The molecule has 0 saturated carbocycles. The Morgan fingerprint density at radius 1 is 0.316 bits per heavy atom. The second kappa shape index (κ2) is 13.3. The first-order valence-corrected chi connectivity index (χ1v) is 19.4. The van der Waals surface area contributed by atoms with Gasteiger partial charge in [-0.3, -0.25) is 0 Å². The van der Waals surface area contributed by atoms with Crippen LogP contribution in [-0.2, 0) is 0 Å². The molecule has 0 aliphatic heterocycles. The van der Waals surface area contributed by atoms with Crippen LogP contribution in [0.25, 0.3) is 100 Å². The molecule has 0 fully saturated rings. The monoisotopic (exact) mass is 728 g/mol. The minimum Gasteiger partial charge on any atom is -0.309 e. The fraction of sp³-hybridized carbons (Fsp3) is 0.0189. The molecule has 268 valence electrons. The molecular formula is C53H36N4. The average molecular weight is 729 g/mol. The number of para-hydroxylation sites is 4. The number of hydrogen-bond donors (Lipinski definition) is 0. The Kier molecular flexibility index (Phi) is 7.68. The van der Waals surface area contributed by atoms with E-state index >= 15 is 0 Å². The fourth-order valence-corrected chi connectivity index (χ4v) is 8.55. The van der Waals surface area contributed by atoms with Crippen LogP contribution in [-0.4, -0.2) is 19.1 Å². The Morgan fingerprint density at radius 2 is 0.754 bits per heavy atom. The van der Waals surface area contributed by atoms with Crippen LogP contribution in [0.15, 0.2) is 200 Å². The smallest absolute Gasteiger partial charge is 0.160 e. The van der Waals surface area contributed by atoms with E-state index in [9.17, 15) is 0 Å². The van der Waals surface area contributed by atoms with Gasteiger partial charge in [-0.15, -0.1) is 0 Å². The van der Waals surface area contributed by atoms with Gasteiger partial charge in [0.1, 0.15) is 0 Å². The lowest BCUT2D eigenvalue weighted by atomic mass is 10.00. The third-order valence-corrected chi connectivity index (χ3v) is 11.1. The van der Waals surface area contributed by atoms with E-state index in [1.807, 2.05) is 0 Å². The number of aryl methyl sites for hydroxylation is 1. The molecule has 0 radical (unpaired) electrons. The first-order valence-electron chi connectivity index (χ1n) is 19.4. The first kappa shape index (κ1) is 32.8. The average Bonchev–Trinajstić information content (AvgIpc) is 3.80.